The van der Waals surface area contributed by atoms with Gasteiger partial charge in [-0.1, -0.05) is 37.8 Å². The first-order valence-corrected chi connectivity index (χ1v) is 4.25. The lowest BCUT2D eigenvalue weighted by Gasteiger charge is -1.91. The van der Waals surface area contributed by atoms with E-state index in [2.05, 4.69) is 13.5 Å². The second-order valence-electron chi connectivity index (χ2n) is 3.25. The SMILES string of the molecule is C=C/C=C\C=C1/CC(C)CC1=O. The van der Waals surface area contributed by atoms with Crippen LogP contribution in [0.2, 0.25) is 0 Å². The molecule has 1 saturated carbocycles. The lowest BCUT2D eigenvalue weighted by Crippen LogP contribution is -1.90. The number of hydrogen-bond donors (Lipinski definition) is 0. The zero-order valence-corrected chi connectivity index (χ0v) is 7.42. The fourth-order valence-corrected chi connectivity index (χ4v) is 1.42. The fraction of sp³-hybridized carbons (Fsp3) is 0.364. The van der Waals surface area contributed by atoms with Gasteiger partial charge in [-0.2, -0.15) is 0 Å². The Morgan fingerprint density at radius 3 is 2.67 bits per heavy atom. The number of carbonyl (C=O) groups excluding carboxylic acids is 1. The van der Waals surface area contributed by atoms with E-state index in [1.165, 1.54) is 0 Å². The van der Waals surface area contributed by atoms with E-state index >= 15 is 0 Å². The predicted molar refractivity (Wildman–Crippen MR) is 50.8 cm³/mol. The minimum absolute atomic E-state index is 0.302. The molecule has 64 valence electrons. The Hall–Kier alpha value is -1.11. The summed E-state index contributed by atoms with van der Waals surface area (Å²) in [5.41, 5.74) is 0.959. The summed E-state index contributed by atoms with van der Waals surface area (Å²) in [6.07, 6.45) is 8.96. The van der Waals surface area contributed by atoms with Gasteiger partial charge in [0, 0.05) is 6.42 Å². The Labute approximate surface area is 73.5 Å². The molecule has 0 aromatic rings. The van der Waals surface area contributed by atoms with Gasteiger partial charge >= 0.3 is 0 Å². The molecule has 1 atom stereocenters. The second-order valence-corrected chi connectivity index (χ2v) is 3.25. The number of carbonyl (C=O) groups is 1. The van der Waals surface area contributed by atoms with Crippen LogP contribution in [0.3, 0.4) is 0 Å². The number of hydrogen-bond acceptors (Lipinski definition) is 1. The molecule has 0 aliphatic heterocycles. The second kappa shape index (κ2) is 4.05. The Balaban J connectivity index is 2.63. The van der Waals surface area contributed by atoms with Crippen LogP contribution in [-0.2, 0) is 4.79 Å². The average molecular weight is 162 g/mol. The summed E-state index contributed by atoms with van der Waals surface area (Å²) >= 11 is 0. The molecule has 1 heteroatoms. The average Bonchev–Trinajstić information content (AvgIpc) is 2.31. The van der Waals surface area contributed by atoms with Crippen LogP contribution in [0.25, 0.3) is 0 Å². The Bertz CT molecular complexity index is 246. The molecule has 0 bridgehead atoms. The first-order valence-electron chi connectivity index (χ1n) is 4.25. The maximum atomic E-state index is 11.3. The van der Waals surface area contributed by atoms with Crippen molar-refractivity contribution < 1.29 is 4.79 Å². The first-order chi connectivity index (χ1) is 5.74. The molecule has 0 N–H and O–H groups in total. The van der Waals surface area contributed by atoms with Gasteiger partial charge in [-0.05, 0) is 17.9 Å². The minimum Gasteiger partial charge on any atom is -0.295 e. The molecule has 0 aromatic heterocycles. The molecule has 1 unspecified atom stereocenters. The normalized spacial score (nSPS) is 27.2. The molecule has 0 saturated heterocycles. The quantitative estimate of drug-likeness (QED) is 0.450. The summed E-state index contributed by atoms with van der Waals surface area (Å²) in [6.45, 7) is 5.66. The molecule has 12 heavy (non-hydrogen) atoms. The first kappa shape index (κ1) is 8.98. The van der Waals surface area contributed by atoms with E-state index in [-0.39, 0.29) is 0 Å². The minimum atomic E-state index is 0.302. The highest BCUT2D eigenvalue weighted by Crippen LogP contribution is 2.26. The van der Waals surface area contributed by atoms with Gasteiger partial charge in [-0.15, -0.1) is 0 Å². The van der Waals surface area contributed by atoms with Crippen LogP contribution >= 0.6 is 0 Å². The summed E-state index contributed by atoms with van der Waals surface area (Å²) in [5.74, 6) is 0.831. The summed E-state index contributed by atoms with van der Waals surface area (Å²) < 4.78 is 0. The molecule has 1 aliphatic carbocycles. The van der Waals surface area contributed by atoms with Gasteiger partial charge in [0.05, 0.1) is 0 Å². The molecular weight excluding hydrogens is 148 g/mol. The van der Waals surface area contributed by atoms with Crippen molar-refractivity contribution in [2.45, 2.75) is 19.8 Å². The van der Waals surface area contributed by atoms with Crippen LogP contribution in [0.4, 0.5) is 0 Å². The monoisotopic (exact) mass is 162 g/mol. The lowest BCUT2D eigenvalue weighted by atomic mass is 10.1. The highest BCUT2D eigenvalue weighted by molar-refractivity contribution is 5.97. The van der Waals surface area contributed by atoms with Crippen LogP contribution in [0.5, 0.6) is 0 Å². The van der Waals surface area contributed by atoms with Crippen molar-refractivity contribution in [1.82, 2.24) is 0 Å². The van der Waals surface area contributed by atoms with Crippen molar-refractivity contribution in [1.29, 1.82) is 0 Å². The van der Waals surface area contributed by atoms with Gasteiger partial charge in [0.25, 0.3) is 0 Å². The summed E-state index contributed by atoms with van der Waals surface area (Å²) in [5, 5.41) is 0. The molecular formula is C11H14O. The largest absolute Gasteiger partial charge is 0.295 e. The molecule has 1 nitrogen and oxygen atoms in total. The van der Waals surface area contributed by atoms with Gasteiger partial charge < -0.3 is 0 Å². The van der Waals surface area contributed by atoms with Crippen molar-refractivity contribution in [3.05, 3.63) is 36.5 Å². The highest BCUT2D eigenvalue weighted by Gasteiger charge is 2.22. The van der Waals surface area contributed by atoms with Gasteiger partial charge in [-0.3, -0.25) is 4.79 Å². The van der Waals surface area contributed by atoms with E-state index in [0.29, 0.717) is 18.1 Å². The maximum absolute atomic E-state index is 11.3. The van der Waals surface area contributed by atoms with Crippen molar-refractivity contribution in [2.75, 3.05) is 0 Å². The summed E-state index contributed by atoms with van der Waals surface area (Å²) in [7, 11) is 0. The van der Waals surface area contributed by atoms with E-state index in [0.717, 1.165) is 12.0 Å². The highest BCUT2D eigenvalue weighted by atomic mass is 16.1. The van der Waals surface area contributed by atoms with Crippen molar-refractivity contribution in [3.63, 3.8) is 0 Å². The molecule has 0 amide bonds. The molecule has 1 aliphatic rings. The Morgan fingerprint density at radius 2 is 2.17 bits per heavy atom. The van der Waals surface area contributed by atoms with Crippen LogP contribution in [-0.4, -0.2) is 5.78 Å². The number of Topliss-reactive ketones (excluding diaryl/α,β-unsaturated/α-hetero) is 1. The maximum Gasteiger partial charge on any atom is 0.159 e. The lowest BCUT2D eigenvalue weighted by molar-refractivity contribution is -0.114. The smallest absolute Gasteiger partial charge is 0.159 e. The van der Waals surface area contributed by atoms with Crippen LogP contribution in [0, 0.1) is 5.92 Å². The zero-order chi connectivity index (χ0) is 8.97. The van der Waals surface area contributed by atoms with Gasteiger partial charge in [0.15, 0.2) is 5.78 Å². The van der Waals surface area contributed by atoms with E-state index < -0.39 is 0 Å². The third-order valence-electron chi connectivity index (χ3n) is 2.00. The fourth-order valence-electron chi connectivity index (χ4n) is 1.42. The van der Waals surface area contributed by atoms with Gasteiger partial charge in [0.1, 0.15) is 0 Å². The summed E-state index contributed by atoms with van der Waals surface area (Å²) in [4.78, 5) is 11.3. The van der Waals surface area contributed by atoms with Crippen molar-refractivity contribution in [2.24, 2.45) is 5.92 Å². The zero-order valence-electron chi connectivity index (χ0n) is 7.42. The number of allylic oxidation sites excluding steroid dienone is 5. The van der Waals surface area contributed by atoms with Gasteiger partial charge in [-0.25, -0.2) is 0 Å². The molecule has 0 heterocycles. The molecule has 1 fully saturated rings. The van der Waals surface area contributed by atoms with E-state index in [4.69, 9.17) is 0 Å². The van der Waals surface area contributed by atoms with Crippen molar-refractivity contribution >= 4 is 5.78 Å². The van der Waals surface area contributed by atoms with Crippen LogP contribution in [0.15, 0.2) is 36.5 Å². The van der Waals surface area contributed by atoms with Gasteiger partial charge in [0.2, 0.25) is 0 Å². The number of ketones is 1. The van der Waals surface area contributed by atoms with E-state index in [1.807, 2.05) is 18.2 Å². The van der Waals surface area contributed by atoms with Crippen LogP contribution in [0.1, 0.15) is 19.8 Å². The molecule has 0 spiro atoms. The Kier molecular flexibility index (Phi) is 3.03. The predicted octanol–water partition coefficient (Wildman–Crippen LogP) is 2.65. The third kappa shape index (κ3) is 2.19. The topological polar surface area (TPSA) is 17.1 Å². The van der Waals surface area contributed by atoms with Crippen molar-refractivity contribution in [3.8, 4) is 0 Å². The number of rotatable bonds is 2. The molecule has 1 rings (SSSR count). The van der Waals surface area contributed by atoms with E-state index in [9.17, 15) is 4.79 Å². The Morgan fingerprint density at radius 1 is 1.42 bits per heavy atom. The molecule has 0 aromatic carbocycles. The third-order valence-corrected chi connectivity index (χ3v) is 2.00. The summed E-state index contributed by atoms with van der Waals surface area (Å²) in [6, 6.07) is 0. The molecule has 0 radical (unpaired) electrons. The van der Waals surface area contributed by atoms with Crippen LogP contribution < -0.4 is 0 Å². The van der Waals surface area contributed by atoms with E-state index in [1.54, 1.807) is 6.08 Å². The standard InChI is InChI=1S/C11H14O/c1-3-4-5-6-10-7-9(2)8-11(10)12/h3-6,9H,1,7-8H2,2H3/b5-4-,10-6+.